The van der Waals surface area contributed by atoms with Crippen LogP contribution in [0.1, 0.15) is 63.8 Å². The topological polar surface area (TPSA) is 62.7 Å². The number of nitrogens with zero attached hydrogens (tertiary/aromatic N) is 2. The SMILES string of the molecule is COc1cccc(N2C(=O)C(=Cc3cc(C(C)(C)C)c(O)c(C(C)(C)C)c3)c3ccccc32)n1. The second-order valence-corrected chi connectivity index (χ2v) is 10.7. The number of benzene rings is 2. The van der Waals surface area contributed by atoms with Gasteiger partial charge in [-0.3, -0.25) is 9.69 Å². The molecule has 2 heterocycles. The summed E-state index contributed by atoms with van der Waals surface area (Å²) in [4.78, 5) is 19.8. The number of hydrogen-bond acceptors (Lipinski definition) is 4. The first kappa shape index (κ1) is 23.6. The largest absolute Gasteiger partial charge is 0.507 e. The average molecular weight is 457 g/mol. The fraction of sp³-hybridized carbons (Fsp3) is 0.310. The van der Waals surface area contributed by atoms with E-state index in [-0.39, 0.29) is 16.7 Å². The minimum atomic E-state index is -0.257. The molecule has 3 aromatic rings. The van der Waals surface area contributed by atoms with Crippen molar-refractivity contribution in [2.75, 3.05) is 12.0 Å². The highest BCUT2D eigenvalue weighted by molar-refractivity contribution is 6.37. The number of anilines is 2. The Morgan fingerprint density at radius 2 is 1.53 bits per heavy atom. The van der Waals surface area contributed by atoms with Crippen LogP contribution in [0.2, 0.25) is 0 Å². The second kappa shape index (κ2) is 8.32. The van der Waals surface area contributed by atoms with Crippen molar-refractivity contribution in [1.29, 1.82) is 0 Å². The van der Waals surface area contributed by atoms with Gasteiger partial charge in [-0.1, -0.05) is 65.8 Å². The lowest BCUT2D eigenvalue weighted by Crippen LogP contribution is -2.21. The smallest absolute Gasteiger partial charge is 0.264 e. The number of carbonyl (C=O) groups is 1. The molecule has 176 valence electrons. The zero-order chi connectivity index (χ0) is 24.8. The molecule has 0 saturated carbocycles. The van der Waals surface area contributed by atoms with Crippen LogP contribution in [0.4, 0.5) is 11.5 Å². The number of hydrogen-bond donors (Lipinski definition) is 1. The zero-order valence-electron chi connectivity index (χ0n) is 20.9. The summed E-state index contributed by atoms with van der Waals surface area (Å²) < 4.78 is 5.27. The van der Waals surface area contributed by atoms with Gasteiger partial charge in [0.1, 0.15) is 11.6 Å². The number of ether oxygens (including phenoxy) is 1. The summed E-state index contributed by atoms with van der Waals surface area (Å²) in [6.07, 6.45) is 1.92. The lowest BCUT2D eigenvalue weighted by atomic mass is 9.78. The monoisotopic (exact) mass is 456 g/mol. The fourth-order valence-electron chi connectivity index (χ4n) is 4.30. The van der Waals surface area contributed by atoms with Gasteiger partial charge in [-0.15, -0.1) is 0 Å². The van der Waals surface area contributed by atoms with Crippen LogP contribution in [-0.2, 0) is 15.6 Å². The first-order valence-electron chi connectivity index (χ1n) is 11.5. The van der Waals surface area contributed by atoms with Gasteiger partial charge < -0.3 is 9.84 Å². The maximum atomic E-state index is 13.7. The first-order chi connectivity index (χ1) is 15.9. The van der Waals surface area contributed by atoms with Crippen molar-refractivity contribution in [2.24, 2.45) is 0 Å². The Kier molecular flexibility index (Phi) is 5.76. The van der Waals surface area contributed by atoms with E-state index in [1.807, 2.05) is 48.5 Å². The molecule has 5 heteroatoms. The van der Waals surface area contributed by atoms with E-state index in [2.05, 4.69) is 46.5 Å². The zero-order valence-corrected chi connectivity index (χ0v) is 20.9. The minimum absolute atomic E-state index is 0.148. The van der Waals surface area contributed by atoms with Gasteiger partial charge >= 0.3 is 0 Å². The van der Waals surface area contributed by atoms with Gasteiger partial charge in [-0.25, -0.2) is 0 Å². The molecule has 1 N–H and O–H groups in total. The Hall–Kier alpha value is -3.60. The molecule has 0 fully saturated rings. The number of aromatic hydroxyl groups is 1. The molecule has 0 spiro atoms. The van der Waals surface area contributed by atoms with Crippen molar-refractivity contribution < 1.29 is 14.6 Å². The van der Waals surface area contributed by atoms with Crippen molar-refractivity contribution in [3.05, 3.63) is 76.9 Å². The van der Waals surface area contributed by atoms with Crippen LogP contribution in [0.3, 0.4) is 0 Å². The van der Waals surface area contributed by atoms with Gasteiger partial charge in [0, 0.05) is 22.8 Å². The Morgan fingerprint density at radius 3 is 2.12 bits per heavy atom. The van der Waals surface area contributed by atoms with Crippen molar-refractivity contribution in [3.63, 3.8) is 0 Å². The molecule has 2 aromatic carbocycles. The molecule has 0 bridgehead atoms. The van der Waals surface area contributed by atoms with Crippen molar-refractivity contribution >= 4 is 29.1 Å². The van der Waals surface area contributed by atoms with E-state index in [0.29, 0.717) is 23.0 Å². The van der Waals surface area contributed by atoms with E-state index in [0.717, 1.165) is 27.9 Å². The van der Waals surface area contributed by atoms with Crippen LogP contribution in [0.25, 0.3) is 11.6 Å². The van der Waals surface area contributed by atoms with Crippen LogP contribution >= 0.6 is 0 Å². The molecule has 34 heavy (non-hydrogen) atoms. The highest BCUT2D eigenvalue weighted by atomic mass is 16.5. The Balaban J connectivity index is 1.91. The number of para-hydroxylation sites is 1. The summed E-state index contributed by atoms with van der Waals surface area (Å²) in [6.45, 7) is 12.5. The van der Waals surface area contributed by atoms with Gasteiger partial charge in [-0.05, 0) is 46.7 Å². The standard InChI is InChI=1S/C29H32N2O3/c1-28(2,3)21-16-18(17-22(26(21)32)29(4,5)6)15-20-19-11-8-9-12-23(19)31(27(20)33)24-13-10-14-25(30-24)34-7/h8-17,32H,1-7H3. The van der Waals surface area contributed by atoms with E-state index >= 15 is 0 Å². The van der Waals surface area contributed by atoms with Crippen molar-refractivity contribution in [1.82, 2.24) is 4.98 Å². The van der Waals surface area contributed by atoms with Gasteiger partial charge in [-0.2, -0.15) is 4.98 Å². The Bertz CT molecular complexity index is 1260. The van der Waals surface area contributed by atoms with Crippen molar-refractivity contribution in [2.45, 2.75) is 52.4 Å². The summed E-state index contributed by atoms with van der Waals surface area (Å²) in [7, 11) is 1.56. The summed E-state index contributed by atoms with van der Waals surface area (Å²) in [5.74, 6) is 1.13. The quantitative estimate of drug-likeness (QED) is 0.451. The summed E-state index contributed by atoms with van der Waals surface area (Å²) in [5, 5.41) is 11.1. The van der Waals surface area contributed by atoms with Gasteiger partial charge in [0.05, 0.1) is 18.4 Å². The van der Waals surface area contributed by atoms with Gasteiger partial charge in [0.2, 0.25) is 5.88 Å². The number of aromatic nitrogens is 1. The molecule has 4 rings (SSSR count). The average Bonchev–Trinajstić information content (AvgIpc) is 3.04. The molecule has 0 radical (unpaired) electrons. The van der Waals surface area contributed by atoms with Gasteiger partial charge in [0.15, 0.2) is 0 Å². The van der Waals surface area contributed by atoms with Crippen LogP contribution in [0.5, 0.6) is 11.6 Å². The van der Waals surface area contributed by atoms with E-state index in [1.54, 1.807) is 24.1 Å². The number of phenolic OH excluding ortho intramolecular Hbond substituents is 1. The number of carbonyl (C=O) groups excluding carboxylic acids is 1. The Labute approximate surface area is 201 Å². The summed E-state index contributed by atoms with van der Waals surface area (Å²) in [6, 6.07) is 17.1. The van der Waals surface area contributed by atoms with Crippen LogP contribution < -0.4 is 9.64 Å². The van der Waals surface area contributed by atoms with Crippen LogP contribution in [0, 0.1) is 0 Å². The predicted molar refractivity (Wildman–Crippen MR) is 138 cm³/mol. The number of rotatable bonds is 3. The highest BCUT2D eigenvalue weighted by Crippen LogP contribution is 2.44. The number of pyridine rings is 1. The second-order valence-electron chi connectivity index (χ2n) is 10.7. The van der Waals surface area contributed by atoms with Gasteiger partial charge in [0.25, 0.3) is 5.91 Å². The summed E-state index contributed by atoms with van der Waals surface area (Å²) in [5.41, 5.74) is 4.30. The molecule has 0 aliphatic carbocycles. The molecule has 1 aliphatic heterocycles. The molecule has 0 saturated heterocycles. The van der Waals surface area contributed by atoms with Crippen LogP contribution in [-0.4, -0.2) is 23.1 Å². The first-order valence-corrected chi connectivity index (χ1v) is 11.5. The van der Waals surface area contributed by atoms with E-state index in [1.165, 1.54) is 0 Å². The molecule has 0 unspecified atom stereocenters. The molecule has 0 atom stereocenters. The Morgan fingerprint density at radius 1 is 0.912 bits per heavy atom. The number of amides is 1. The highest BCUT2D eigenvalue weighted by Gasteiger charge is 2.34. The molecule has 1 aliphatic rings. The van der Waals surface area contributed by atoms with Crippen LogP contribution in [0.15, 0.2) is 54.6 Å². The lowest BCUT2D eigenvalue weighted by molar-refractivity contribution is -0.112. The normalized spacial score (nSPS) is 15.1. The third kappa shape index (κ3) is 4.18. The van der Waals surface area contributed by atoms with E-state index in [4.69, 9.17) is 4.74 Å². The molecular formula is C29H32N2O3. The van der Waals surface area contributed by atoms with E-state index in [9.17, 15) is 9.90 Å². The molecule has 5 nitrogen and oxygen atoms in total. The number of phenols is 1. The third-order valence-electron chi connectivity index (χ3n) is 6.07. The summed E-state index contributed by atoms with van der Waals surface area (Å²) >= 11 is 0. The number of fused-ring (bicyclic) bond motifs is 1. The molecular weight excluding hydrogens is 424 g/mol. The van der Waals surface area contributed by atoms with E-state index < -0.39 is 0 Å². The lowest BCUT2D eigenvalue weighted by Gasteiger charge is -2.28. The number of methoxy groups -OCH3 is 1. The molecule has 1 aromatic heterocycles. The third-order valence-corrected chi connectivity index (χ3v) is 6.07. The fourth-order valence-corrected chi connectivity index (χ4v) is 4.30. The maximum Gasteiger partial charge on any atom is 0.264 e. The maximum absolute atomic E-state index is 13.7. The van der Waals surface area contributed by atoms with Crippen molar-refractivity contribution in [3.8, 4) is 11.6 Å². The predicted octanol–water partition coefficient (Wildman–Crippen LogP) is 6.61. The minimum Gasteiger partial charge on any atom is -0.507 e. The molecule has 1 amide bonds.